The summed E-state index contributed by atoms with van der Waals surface area (Å²) in [5.41, 5.74) is 4.11. The first-order valence-electron chi connectivity index (χ1n) is 9.32. The van der Waals surface area contributed by atoms with Crippen LogP contribution in [0.5, 0.6) is 5.75 Å². The molecule has 4 nitrogen and oxygen atoms in total. The second-order valence-corrected chi connectivity index (χ2v) is 7.67. The lowest BCUT2D eigenvalue weighted by Gasteiger charge is -2.07. The highest BCUT2D eigenvalue weighted by molar-refractivity contribution is 7.99. The Hall–Kier alpha value is -2.53. The lowest BCUT2D eigenvalue weighted by atomic mass is 10.1. The molecule has 0 amide bonds. The molecule has 1 heterocycles. The van der Waals surface area contributed by atoms with Crippen molar-refractivity contribution in [2.75, 3.05) is 12.9 Å². The zero-order chi connectivity index (χ0) is 19.9. The summed E-state index contributed by atoms with van der Waals surface area (Å²) in [6, 6.07) is 15.9. The number of ether oxygens (including phenoxy) is 1. The first-order valence-corrected chi connectivity index (χ1v) is 10.5. The van der Waals surface area contributed by atoms with Gasteiger partial charge in [-0.3, -0.25) is 4.79 Å². The fraction of sp³-hybridized carbons (Fsp3) is 0.304. The average molecular weight is 396 g/mol. The molecule has 146 valence electrons. The second kappa shape index (κ2) is 9.60. The Bertz CT molecular complexity index is 949. The van der Waals surface area contributed by atoms with Crippen LogP contribution in [0.2, 0.25) is 0 Å². The molecule has 28 heavy (non-hydrogen) atoms. The van der Waals surface area contributed by atoms with E-state index in [-0.39, 0.29) is 5.78 Å². The van der Waals surface area contributed by atoms with Crippen LogP contribution in [0, 0.1) is 13.8 Å². The number of aromatic nitrogens is 1. The zero-order valence-electron chi connectivity index (χ0n) is 16.5. The van der Waals surface area contributed by atoms with E-state index in [2.05, 4.69) is 4.98 Å². The quantitative estimate of drug-likeness (QED) is 0.485. The predicted octanol–water partition coefficient (Wildman–Crippen LogP) is 5.40. The molecule has 0 unspecified atom stereocenters. The minimum atomic E-state index is 0.233. The lowest BCUT2D eigenvalue weighted by molar-refractivity contribution is -0.116. The molecule has 0 aliphatic rings. The van der Waals surface area contributed by atoms with Gasteiger partial charge in [-0.1, -0.05) is 36.4 Å². The van der Waals surface area contributed by atoms with Crippen LogP contribution in [0.15, 0.2) is 52.9 Å². The Labute approximate surface area is 170 Å². The number of aryl methyl sites for hydroxylation is 3. The third-order valence-corrected chi connectivity index (χ3v) is 5.64. The van der Waals surface area contributed by atoms with Gasteiger partial charge in [0, 0.05) is 17.7 Å². The van der Waals surface area contributed by atoms with E-state index >= 15 is 0 Å². The molecular weight excluding hydrogens is 370 g/mol. The summed E-state index contributed by atoms with van der Waals surface area (Å²) in [7, 11) is 1.65. The number of methoxy groups -OCH3 is 1. The number of carbonyl (C=O) groups excluding carboxylic acids is 1. The van der Waals surface area contributed by atoms with Crippen molar-refractivity contribution in [1.29, 1.82) is 0 Å². The van der Waals surface area contributed by atoms with Gasteiger partial charge in [0.05, 0.1) is 18.6 Å². The molecule has 3 rings (SSSR count). The first-order chi connectivity index (χ1) is 13.6. The van der Waals surface area contributed by atoms with Crippen LogP contribution in [0.25, 0.3) is 11.5 Å². The molecule has 0 bridgehead atoms. The third kappa shape index (κ3) is 5.04. The minimum absolute atomic E-state index is 0.233. The number of para-hydroxylation sites is 1. The zero-order valence-corrected chi connectivity index (χ0v) is 17.3. The molecule has 5 heteroatoms. The number of oxazole rings is 1. The minimum Gasteiger partial charge on any atom is -0.496 e. The largest absolute Gasteiger partial charge is 0.496 e. The van der Waals surface area contributed by atoms with Crippen LogP contribution in [0.4, 0.5) is 0 Å². The van der Waals surface area contributed by atoms with Crippen molar-refractivity contribution in [2.45, 2.75) is 32.4 Å². The van der Waals surface area contributed by atoms with Crippen molar-refractivity contribution in [3.63, 3.8) is 0 Å². The molecular formula is C23H25NO3S. The Morgan fingerprint density at radius 2 is 1.86 bits per heavy atom. The second-order valence-electron chi connectivity index (χ2n) is 6.68. The average Bonchev–Trinajstić information content (AvgIpc) is 3.07. The summed E-state index contributed by atoms with van der Waals surface area (Å²) in [4.78, 5) is 16.9. The highest BCUT2D eigenvalue weighted by Crippen LogP contribution is 2.26. The van der Waals surface area contributed by atoms with Gasteiger partial charge >= 0.3 is 0 Å². The van der Waals surface area contributed by atoms with Crippen LogP contribution in [0.3, 0.4) is 0 Å². The van der Waals surface area contributed by atoms with Crippen LogP contribution >= 0.6 is 11.8 Å². The van der Waals surface area contributed by atoms with Gasteiger partial charge in [0.2, 0.25) is 5.89 Å². The maximum atomic E-state index is 12.3. The standard InChI is InChI=1S/C23H25NO3S/c1-16-8-4-6-10-20(16)23-24-21(17(2)27-23)15-28-14-19(25)13-12-18-9-5-7-11-22(18)26-3/h4-11H,12-15H2,1-3H3. The van der Waals surface area contributed by atoms with Crippen LogP contribution in [-0.2, 0) is 17.0 Å². The summed E-state index contributed by atoms with van der Waals surface area (Å²) >= 11 is 1.58. The number of hydrogen-bond acceptors (Lipinski definition) is 5. The van der Waals surface area contributed by atoms with E-state index < -0.39 is 0 Å². The van der Waals surface area contributed by atoms with Gasteiger partial charge in [0.15, 0.2) is 0 Å². The van der Waals surface area contributed by atoms with Gasteiger partial charge in [-0.25, -0.2) is 4.98 Å². The number of Topliss-reactive ketones (excluding diaryl/α,β-unsaturated/α-hetero) is 1. The molecule has 0 saturated heterocycles. The van der Waals surface area contributed by atoms with Gasteiger partial charge in [-0.2, -0.15) is 0 Å². The normalized spacial score (nSPS) is 10.8. The highest BCUT2D eigenvalue weighted by atomic mass is 32.2. The molecule has 0 N–H and O–H groups in total. The van der Waals surface area contributed by atoms with Crippen LogP contribution in [-0.4, -0.2) is 23.6 Å². The van der Waals surface area contributed by atoms with Gasteiger partial charge in [0.25, 0.3) is 0 Å². The van der Waals surface area contributed by atoms with Crippen molar-refractivity contribution in [2.24, 2.45) is 0 Å². The first kappa shape index (κ1) is 20.2. The fourth-order valence-electron chi connectivity index (χ4n) is 3.01. The van der Waals surface area contributed by atoms with E-state index in [1.165, 1.54) is 0 Å². The molecule has 0 aliphatic carbocycles. The summed E-state index contributed by atoms with van der Waals surface area (Å²) in [5.74, 6) is 3.67. The van der Waals surface area contributed by atoms with Crippen molar-refractivity contribution in [1.82, 2.24) is 4.98 Å². The van der Waals surface area contributed by atoms with E-state index in [4.69, 9.17) is 9.15 Å². The van der Waals surface area contributed by atoms with Gasteiger partial charge in [-0.05, 0) is 43.5 Å². The Balaban J connectivity index is 1.51. The number of hydrogen-bond donors (Lipinski definition) is 0. The lowest BCUT2D eigenvalue weighted by Crippen LogP contribution is -2.04. The van der Waals surface area contributed by atoms with E-state index in [9.17, 15) is 4.79 Å². The molecule has 0 saturated carbocycles. The Morgan fingerprint density at radius 3 is 2.64 bits per heavy atom. The highest BCUT2D eigenvalue weighted by Gasteiger charge is 2.14. The van der Waals surface area contributed by atoms with Crippen LogP contribution in [0.1, 0.15) is 29.0 Å². The van der Waals surface area contributed by atoms with E-state index in [1.54, 1.807) is 18.9 Å². The molecule has 3 aromatic rings. The van der Waals surface area contributed by atoms with E-state index in [1.807, 2.05) is 62.4 Å². The van der Waals surface area contributed by atoms with Crippen molar-refractivity contribution >= 4 is 17.5 Å². The number of carbonyl (C=O) groups is 1. The maximum Gasteiger partial charge on any atom is 0.226 e. The topological polar surface area (TPSA) is 52.3 Å². The van der Waals surface area contributed by atoms with Crippen molar-refractivity contribution in [3.8, 4) is 17.2 Å². The van der Waals surface area contributed by atoms with E-state index in [0.29, 0.717) is 30.2 Å². The van der Waals surface area contributed by atoms with Crippen molar-refractivity contribution in [3.05, 3.63) is 71.1 Å². The number of rotatable bonds is 9. The summed E-state index contributed by atoms with van der Waals surface area (Å²) < 4.78 is 11.2. The predicted molar refractivity (Wildman–Crippen MR) is 114 cm³/mol. The van der Waals surface area contributed by atoms with Crippen LogP contribution < -0.4 is 4.74 Å². The smallest absolute Gasteiger partial charge is 0.226 e. The molecule has 0 atom stereocenters. The molecule has 0 fully saturated rings. The van der Waals surface area contributed by atoms with Crippen molar-refractivity contribution < 1.29 is 13.9 Å². The Kier molecular flexibility index (Phi) is 6.93. The van der Waals surface area contributed by atoms with Gasteiger partial charge in [0.1, 0.15) is 17.3 Å². The summed E-state index contributed by atoms with van der Waals surface area (Å²) in [6.07, 6.45) is 1.21. The van der Waals surface area contributed by atoms with Gasteiger partial charge < -0.3 is 9.15 Å². The molecule has 2 aromatic carbocycles. The monoisotopic (exact) mass is 395 g/mol. The number of ketones is 1. The molecule has 1 aromatic heterocycles. The molecule has 0 spiro atoms. The summed E-state index contributed by atoms with van der Waals surface area (Å²) in [6.45, 7) is 3.97. The third-order valence-electron chi connectivity index (χ3n) is 4.64. The molecule has 0 aliphatic heterocycles. The number of thioether (sulfide) groups is 1. The Morgan fingerprint density at radius 1 is 1.11 bits per heavy atom. The fourth-order valence-corrected chi connectivity index (χ4v) is 3.94. The number of benzene rings is 2. The summed E-state index contributed by atoms with van der Waals surface area (Å²) in [5, 5.41) is 0. The molecule has 0 radical (unpaired) electrons. The van der Waals surface area contributed by atoms with Gasteiger partial charge in [-0.15, -0.1) is 11.8 Å². The SMILES string of the molecule is COc1ccccc1CCC(=O)CSCc1nc(-c2ccccc2C)oc1C. The number of nitrogens with zero attached hydrogens (tertiary/aromatic N) is 1. The van der Waals surface area contributed by atoms with E-state index in [0.717, 1.165) is 33.9 Å². The maximum absolute atomic E-state index is 12.3.